The van der Waals surface area contributed by atoms with Crippen molar-refractivity contribution >= 4 is 0 Å². The number of hydrogen-bond donors (Lipinski definition) is 2. The van der Waals surface area contributed by atoms with Gasteiger partial charge in [-0.3, -0.25) is 4.90 Å². The van der Waals surface area contributed by atoms with Crippen LogP contribution >= 0.6 is 0 Å². The third-order valence-electron chi connectivity index (χ3n) is 4.53. The van der Waals surface area contributed by atoms with Crippen molar-refractivity contribution < 1.29 is 14.9 Å². The van der Waals surface area contributed by atoms with Crippen LogP contribution < -0.4 is 0 Å². The molecule has 0 spiro atoms. The van der Waals surface area contributed by atoms with Crippen LogP contribution in [0.1, 0.15) is 25.8 Å². The largest absolute Gasteiger partial charge is 0.508 e. The summed E-state index contributed by atoms with van der Waals surface area (Å²) in [7, 11) is 0. The van der Waals surface area contributed by atoms with Crippen molar-refractivity contribution in [3.63, 3.8) is 0 Å². The standard InChI is InChI=1S/C16H25NO3/c1-3-16(2,17-8-10-20-11-9-17)15(19)12-13-4-6-14(18)7-5-13/h4-7,15,18-19H,3,8-12H2,1-2H3. The predicted octanol–water partition coefficient (Wildman–Crippen LogP) is 1.80. The first-order chi connectivity index (χ1) is 9.56. The molecule has 0 radical (unpaired) electrons. The van der Waals surface area contributed by atoms with Crippen molar-refractivity contribution in [1.82, 2.24) is 4.90 Å². The average Bonchev–Trinajstić information content (AvgIpc) is 2.49. The fourth-order valence-electron chi connectivity index (χ4n) is 2.82. The lowest BCUT2D eigenvalue weighted by atomic mass is 9.85. The van der Waals surface area contributed by atoms with Crippen LogP contribution in [0.3, 0.4) is 0 Å². The number of nitrogens with zero attached hydrogens (tertiary/aromatic N) is 1. The van der Waals surface area contributed by atoms with Crippen LogP contribution in [0.4, 0.5) is 0 Å². The molecule has 2 N–H and O–H groups in total. The molecule has 1 saturated heterocycles. The van der Waals surface area contributed by atoms with Gasteiger partial charge in [0.15, 0.2) is 0 Å². The van der Waals surface area contributed by atoms with Crippen LogP contribution in [-0.4, -0.2) is 53.1 Å². The fraction of sp³-hybridized carbons (Fsp3) is 0.625. The molecule has 1 aliphatic heterocycles. The van der Waals surface area contributed by atoms with Gasteiger partial charge in [0.05, 0.1) is 19.3 Å². The first kappa shape index (κ1) is 15.3. The third-order valence-corrected chi connectivity index (χ3v) is 4.53. The smallest absolute Gasteiger partial charge is 0.115 e. The van der Waals surface area contributed by atoms with Crippen molar-refractivity contribution in [2.75, 3.05) is 26.3 Å². The number of aliphatic hydroxyl groups excluding tert-OH is 1. The van der Waals surface area contributed by atoms with Crippen molar-refractivity contribution in [2.24, 2.45) is 0 Å². The maximum atomic E-state index is 10.7. The number of rotatable bonds is 5. The molecule has 0 bridgehead atoms. The Kier molecular flexibility index (Phi) is 5.02. The van der Waals surface area contributed by atoms with E-state index in [1.165, 1.54) is 0 Å². The number of phenols is 1. The van der Waals surface area contributed by atoms with Crippen LogP contribution in [0, 0.1) is 0 Å². The van der Waals surface area contributed by atoms with E-state index in [0.717, 1.165) is 38.3 Å². The Hall–Kier alpha value is -1.10. The quantitative estimate of drug-likeness (QED) is 0.863. The van der Waals surface area contributed by atoms with Crippen molar-refractivity contribution in [1.29, 1.82) is 0 Å². The number of hydrogen-bond acceptors (Lipinski definition) is 4. The Morgan fingerprint density at radius 3 is 2.40 bits per heavy atom. The maximum Gasteiger partial charge on any atom is 0.115 e. The van der Waals surface area contributed by atoms with Gasteiger partial charge in [-0.1, -0.05) is 19.1 Å². The SMILES string of the molecule is CCC(C)(C(O)Cc1ccc(O)cc1)N1CCOCC1. The van der Waals surface area contributed by atoms with E-state index in [0.29, 0.717) is 6.42 Å². The van der Waals surface area contributed by atoms with Gasteiger partial charge in [0.25, 0.3) is 0 Å². The summed E-state index contributed by atoms with van der Waals surface area (Å²) < 4.78 is 5.40. The van der Waals surface area contributed by atoms with Gasteiger partial charge in [-0.15, -0.1) is 0 Å². The number of benzene rings is 1. The summed E-state index contributed by atoms with van der Waals surface area (Å²) >= 11 is 0. The van der Waals surface area contributed by atoms with E-state index in [1.807, 2.05) is 12.1 Å². The number of aromatic hydroxyl groups is 1. The second-order valence-corrected chi connectivity index (χ2v) is 5.70. The maximum absolute atomic E-state index is 10.7. The number of ether oxygens (including phenoxy) is 1. The highest BCUT2D eigenvalue weighted by molar-refractivity contribution is 5.26. The summed E-state index contributed by atoms with van der Waals surface area (Å²) in [6.45, 7) is 7.47. The topological polar surface area (TPSA) is 52.9 Å². The number of phenolic OH excluding ortho intramolecular Hbond substituents is 1. The van der Waals surface area contributed by atoms with Gasteiger partial charge in [0, 0.05) is 25.0 Å². The molecule has 112 valence electrons. The van der Waals surface area contributed by atoms with E-state index < -0.39 is 6.10 Å². The van der Waals surface area contributed by atoms with Crippen LogP contribution in [0.5, 0.6) is 5.75 Å². The second-order valence-electron chi connectivity index (χ2n) is 5.70. The van der Waals surface area contributed by atoms with Gasteiger partial charge in [-0.2, -0.15) is 0 Å². The predicted molar refractivity (Wildman–Crippen MR) is 78.9 cm³/mol. The van der Waals surface area contributed by atoms with E-state index in [2.05, 4.69) is 18.7 Å². The monoisotopic (exact) mass is 279 g/mol. The second kappa shape index (κ2) is 6.57. The number of aliphatic hydroxyl groups is 1. The Morgan fingerprint density at radius 2 is 1.85 bits per heavy atom. The van der Waals surface area contributed by atoms with E-state index >= 15 is 0 Å². The molecular weight excluding hydrogens is 254 g/mol. The molecule has 0 aromatic heterocycles. The van der Waals surface area contributed by atoms with Gasteiger partial charge >= 0.3 is 0 Å². The molecule has 1 aromatic carbocycles. The molecule has 1 heterocycles. The highest BCUT2D eigenvalue weighted by Crippen LogP contribution is 2.27. The molecule has 1 fully saturated rings. The van der Waals surface area contributed by atoms with Crippen molar-refractivity contribution in [2.45, 2.75) is 38.3 Å². The minimum atomic E-state index is -0.435. The molecule has 2 unspecified atom stereocenters. The Bertz CT molecular complexity index is 414. The van der Waals surface area contributed by atoms with E-state index in [1.54, 1.807) is 12.1 Å². The van der Waals surface area contributed by atoms with Gasteiger partial charge in [0.2, 0.25) is 0 Å². The summed E-state index contributed by atoms with van der Waals surface area (Å²) in [5, 5.41) is 20.0. The lowest BCUT2D eigenvalue weighted by Gasteiger charge is -2.46. The molecule has 0 saturated carbocycles. The molecular formula is C16H25NO3. The van der Waals surface area contributed by atoms with E-state index in [-0.39, 0.29) is 11.3 Å². The Balaban J connectivity index is 2.07. The molecule has 1 aromatic rings. The van der Waals surface area contributed by atoms with Crippen LogP contribution in [0.25, 0.3) is 0 Å². The molecule has 20 heavy (non-hydrogen) atoms. The van der Waals surface area contributed by atoms with Crippen molar-refractivity contribution in [3.8, 4) is 5.75 Å². The normalized spacial score (nSPS) is 21.4. The van der Waals surface area contributed by atoms with Gasteiger partial charge < -0.3 is 14.9 Å². The molecule has 0 aliphatic carbocycles. The molecule has 4 heteroatoms. The van der Waals surface area contributed by atoms with Gasteiger partial charge in [-0.05, 0) is 31.0 Å². The summed E-state index contributed by atoms with van der Waals surface area (Å²) in [6, 6.07) is 7.07. The third kappa shape index (κ3) is 3.32. The lowest BCUT2D eigenvalue weighted by Crippen LogP contribution is -2.58. The molecule has 2 atom stereocenters. The van der Waals surface area contributed by atoms with Crippen molar-refractivity contribution in [3.05, 3.63) is 29.8 Å². The van der Waals surface area contributed by atoms with Crippen LogP contribution in [0.2, 0.25) is 0 Å². The summed E-state index contributed by atoms with van der Waals surface area (Å²) in [5.41, 5.74) is 0.810. The van der Waals surface area contributed by atoms with Gasteiger partial charge in [0.1, 0.15) is 5.75 Å². The summed E-state index contributed by atoms with van der Waals surface area (Å²) in [4.78, 5) is 2.33. The molecule has 0 amide bonds. The van der Waals surface area contributed by atoms with Gasteiger partial charge in [-0.25, -0.2) is 0 Å². The zero-order chi connectivity index (χ0) is 14.6. The highest BCUT2D eigenvalue weighted by Gasteiger charge is 2.37. The lowest BCUT2D eigenvalue weighted by molar-refractivity contribution is -0.0714. The van der Waals surface area contributed by atoms with E-state index in [4.69, 9.17) is 4.74 Å². The van der Waals surface area contributed by atoms with E-state index in [9.17, 15) is 10.2 Å². The molecule has 1 aliphatic rings. The summed E-state index contributed by atoms with van der Waals surface area (Å²) in [5.74, 6) is 0.259. The van der Waals surface area contributed by atoms with Crippen LogP contribution in [0.15, 0.2) is 24.3 Å². The molecule has 2 rings (SSSR count). The highest BCUT2D eigenvalue weighted by atomic mass is 16.5. The van der Waals surface area contributed by atoms with Crippen LogP contribution in [-0.2, 0) is 11.2 Å². The first-order valence-electron chi connectivity index (χ1n) is 7.35. The zero-order valence-electron chi connectivity index (χ0n) is 12.4. The Labute approximate surface area is 121 Å². The zero-order valence-corrected chi connectivity index (χ0v) is 12.4. The minimum Gasteiger partial charge on any atom is -0.508 e. The summed E-state index contributed by atoms with van der Waals surface area (Å²) in [6.07, 6.45) is 1.06. The number of morpholine rings is 1. The average molecular weight is 279 g/mol. The molecule has 4 nitrogen and oxygen atoms in total. The Morgan fingerprint density at radius 1 is 1.25 bits per heavy atom. The fourth-order valence-corrected chi connectivity index (χ4v) is 2.82. The minimum absolute atomic E-state index is 0.234. The first-order valence-corrected chi connectivity index (χ1v) is 7.35.